The molecule has 16 heavy (non-hydrogen) atoms. The first-order valence-corrected chi connectivity index (χ1v) is 6.18. The maximum absolute atomic E-state index is 10.5. The van der Waals surface area contributed by atoms with Crippen molar-refractivity contribution in [3.63, 3.8) is 0 Å². The van der Waals surface area contributed by atoms with Crippen LogP contribution in [0.1, 0.15) is 45.2 Å². The van der Waals surface area contributed by atoms with Crippen molar-refractivity contribution in [2.75, 3.05) is 0 Å². The van der Waals surface area contributed by atoms with Crippen molar-refractivity contribution in [3.8, 4) is 0 Å². The van der Waals surface area contributed by atoms with E-state index in [1.807, 2.05) is 25.3 Å². The molecule has 1 rings (SSSR count). The highest BCUT2D eigenvalue weighted by Gasteiger charge is 2.31. The smallest absolute Gasteiger partial charge is 0.0849 e. The summed E-state index contributed by atoms with van der Waals surface area (Å²) in [6, 6.07) is 3.74. The zero-order chi connectivity index (χ0) is 12.0. The van der Waals surface area contributed by atoms with Crippen LogP contribution in [0.5, 0.6) is 0 Å². The zero-order valence-corrected chi connectivity index (χ0v) is 10.4. The van der Waals surface area contributed by atoms with Crippen molar-refractivity contribution < 1.29 is 5.11 Å². The molecule has 0 radical (unpaired) electrons. The first kappa shape index (κ1) is 13.3. The van der Waals surface area contributed by atoms with Crippen molar-refractivity contribution in [2.24, 2.45) is 5.73 Å². The highest BCUT2D eigenvalue weighted by Crippen LogP contribution is 2.22. The van der Waals surface area contributed by atoms with E-state index in [0.717, 1.165) is 31.4 Å². The minimum atomic E-state index is -0.778. The summed E-state index contributed by atoms with van der Waals surface area (Å²) in [6.07, 6.45) is 6.62. The first-order chi connectivity index (χ1) is 7.58. The summed E-state index contributed by atoms with van der Waals surface area (Å²) in [6.45, 7) is 4.05. The normalized spacial score (nSPS) is 17.0. The van der Waals surface area contributed by atoms with E-state index in [1.165, 1.54) is 0 Å². The van der Waals surface area contributed by atoms with Gasteiger partial charge in [0.2, 0.25) is 0 Å². The van der Waals surface area contributed by atoms with Crippen LogP contribution in [0.25, 0.3) is 0 Å². The minimum absolute atomic E-state index is 0.201. The summed E-state index contributed by atoms with van der Waals surface area (Å²) in [7, 11) is 0. The van der Waals surface area contributed by atoms with Crippen molar-refractivity contribution in [3.05, 3.63) is 24.0 Å². The second-order valence-corrected chi connectivity index (χ2v) is 4.72. The Balaban J connectivity index is 2.57. The van der Waals surface area contributed by atoms with Gasteiger partial charge < -0.3 is 15.8 Å². The minimum Gasteiger partial charge on any atom is -0.388 e. The number of nitrogens with one attached hydrogen (secondary N) is 1. The lowest BCUT2D eigenvalue weighted by molar-refractivity contribution is 0.00825. The number of aromatic nitrogens is 1. The second kappa shape index (κ2) is 6.06. The van der Waals surface area contributed by atoms with Crippen molar-refractivity contribution in [1.29, 1.82) is 0 Å². The Morgan fingerprint density at radius 2 is 2.25 bits per heavy atom. The molecule has 1 aromatic heterocycles. The Morgan fingerprint density at radius 3 is 2.75 bits per heavy atom. The molecular formula is C13H24N2O. The largest absolute Gasteiger partial charge is 0.388 e. The third kappa shape index (κ3) is 3.65. The first-order valence-electron chi connectivity index (χ1n) is 6.18. The van der Waals surface area contributed by atoms with E-state index in [0.29, 0.717) is 6.42 Å². The van der Waals surface area contributed by atoms with E-state index in [4.69, 9.17) is 5.73 Å². The van der Waals surface area contributed by atoms with Gasteiger partial charge in [-0.1, -0.05) is 26.2 Å². The average Bonchev–Trinajstić information content (AvgIpc) is 2.70. The third-order valence-corrected chi connectivity index (χ3v) is 3.22. The second-order valence-electron chi connectivity index (χ2n) is 4.72. The lowest BCUT2D eigenvalue weighted by Crippen LogP contribution is -2.48. The zero-order valence-electron chi connectivity index (χ0n) is 10.4. The van der Waals surface area contributed by atoms with Gasteiger partial charge in [0.05, 0.1) is 5.60 Å². The lowest BCUT2D eigenvalue weighted by Gasteiger charge is -2.31. The number of hydrogen-bond donors (Lipinski definition) is 3. The summed E-state index contributed by atoms with van der Waals surface area (Å²) >= 11 is 0. The fraction of sp³-hybridized carbons (Fsp3) is 0.692. The van der Waals surface area contributed by atoms with E-state index in [2.05, 4.69) is 11.9 Å². The van der Waals surface area contributed by atoms with Crippen LogP contribution in [0.3, 0.4) is 0 Å². The Morgan fingerprint density at radius 1 is 1.50 bits per heavy atom. The number of hydrogen-bond acceptors (Lipinski definition) is 2. The van der Waals surface area contributed by atoms with Gasteiger partial charge in [-0.2, -0.15) is 0 Å². The molecule has 1 aromatic rings. The standard InChI is InChI=1S/C13H24N2O/c1-3-4-5-8-13(16,11(2)14)10-12-7-6-9-15-12/h6-7,9,11,15-16H,3-5,8,10,14H2,1-2H3. The van der Waals surface area contributed by atoms with Gasteiger partial charge in [-0.05, 0) is 25.5 Å². The third-order valence-electron chi connectivity index (χ3n) is 3.22. The topological polar surface area (TPSA) is 62.0 Å². The van der Waals surface area contributed by atoms with Crippen LogP contribution in [0.4, 0.5) is 0 Å². The van der Waals surface area contributed by atoms with Gasteiger partial charge in [-0.25, -0.2) is 0 Å². The molecule has 0 aliphatic carbocycles. The summed E-state index contributed by atoms with van der Waals surface area (Å²) in [5.74, 6) is 0. The molecule has 0 fully saturated rings. The number of H-pyrrole nitrogens is 1. The molecule has 1 heterocycles. The number of unbranched alkanes of at least 4 members (excludes halogenated alkanes) is 2. The number of aliphatic hydroxyl groups is 1. The summed E-state index contributed by atoms with van der Waals surface area (Å²) in [5.41, 5.74) is 6.18. The maximum atomic E-state index is 10.5. The molecule has 4 N–H and O–H groups in total. The summed E-state index contributed by atoms with van der Waals surface area (Å²) < 4.78 is 0. The average molecular weight is 224 g/mol. The molecule has 0 bridgehead atoms. The van der Waals surface area contributed by atoms with Crippen LogP contribution in [-0.4, -0.2) is 21.7 Å². The predicted molar refractivity (Wildman–Crippen MR) is 67.2 cm³/mol. The lowest BCUT2D eigenvalue weighted by atomic mass is 9.85. The highest BCUT2D eigenvalue weighted by atomic mass is 16.3. The molecule has 3 nitrogen and oxygen atoms in total. The predicted octanol–water partition coefficient (Wildman–Crippen LogP) is 2.22. The molecule has 0 saturated carbocycles. The SMILES string of the molecule is CCCCCC(O)(Cc1ccc[nH]1)C(C)N. The van der Waals surface area contributed by atoms with Gasteiger partial charge in [-0.3, -0.25) is 0 Å². The molecule has 2 unspecified atom stereocenters. The Labute approximate surface area is 98.1 Å². The fourth-order valence-electron chi connectivity index (χ4n) is 1.97. The van der Waals surface area contributed by atoms with Crippen LogP contribution in [-0.2, 0) is 6.42 Å². The molecule has 0 aliphatic heterocycles. The Bertz CT molecular complexity index is 282. The van der Waals surface area contributed by atoms with Crippen LogP contribution in [0, 0.1) is 0 Å². The van der Waals surface area contributed by atoms with Crippen LogP contribution < -0.4 is 5.73 Å². The molecular weight excluding hydrogens is 200 g/mol. The molecule has 0 spiro atoms. The molecule has 0 amide bonds. The van der Waals surface area contributed by atoms with Crippen molar-refractivity contribution in [2.45, 2.75) is 57.6 Å². The van der Waals surface area contributed by atoms with Gasteiger partial charge in [0.1, 0.15) is 0 Å². The summed E-state index contributed by atoms with van der Waals surface area (Å²) in [5, 5.41) is 10.5. The quantitative estimate of drug-likeness (QED) is 0.622. The Hall–Kier alpha value is -0.800. The van der Waals surface area contributed by atoms with E-state index < -0.39 is 5.60 Å². The summed E-state index contributed by atoms with van der Waals surface area (Å²) in [4.78, 5) is 3.12. The molecule has 2 atom stereocenters. The van der Waals surface area contributed by atoms with Crippen LogP contribution >= 0.6 is 0 Å². The molecule has 0 aromatic carbocycles. The van der Waals surface area contributed by atoms with Gasteiger partial charge in [0, 0.05) is 24.4 Å². The van der Waals surface area contributed by atoms with Gasteiger partial charge in [0.15, 0.2) is 0 Å². The Kier molecular flexibility index (Phi) is 5.03. The van der Waals surface area contributed by atoms with Crippen LogP contribution in [0.15, 0.2) is 18.3 Å². The van der Waals surface area contributed by atoms with E-state index in [9.17, 15) is 5.11 Å². The number of rotatable bonds is 7. The van der Waals surface area contributed by atoms with E-state index in [-0.39, 0.29) is 6.04 Å². The van der Waals surface area contributed by atoms with E-state index >= 15 is 0 Å². The maximum Gasteiger partial charge on any atom is 0.0849 e. The number of aromatic amines is 1. The van der Waals surface area contributed by atoms with Gasteiger partial charge in [0.25, 0.3) is 0 Å². The van der Waals surface area contributed by atoms with Crippen molar-refractivity contribution in [1.82, 2.24) is 4.98 Å². The number of nitrogens with two attached hydrogens (primary N) is 1. The fourth-order valence-corrected chi connectivity index (χ4v) is 1.97. The van der Waals surface area contributed by atoms with Crippen LogP contribution in [0.2, 0.25) is 0 Å². The molecule has 3 heteroatoms. The molecule has 92 valence electrons. The molecule has 0 saturated heterocycles. The monoisotopic (exact) mass is 224 g/mol. The molecule has 0 aliphatic rings. The highest BCUT2D eigenvalue weighted by molar-refractivity contribution is 5.09. The van der Waals surface area contributed by atoms with Gasteiger partial charge >= 0.3 is 0 Å². The van der Waals surface area contributed by atoms with E-state index in [1.54, 1.807) is 0 Å². The van der Waals surface area contributed by atoms with Crippen molar-refractivity contribution >= 4 is 0 Å². The van der Waals surface area contributed by atoms with Gasteiger partial charge in [-0.15, -0.1) is 0 Å².